The summed E-state index contributed by atoms with van der Waals surface area (Å²) >= 11 is 0. The fourth-order valence-electron chi connectivity index (χ4n) is 5.33. The Bertz CT molecular complexity index is 992. The first-order valence-electron chi connectivity index (χ1n) is 11.0. The van der Waals surface area contributed by atoms with Crippen LogP contribution in [0.25, 0.3) is 0 Å². The first-order valence-corrected chi connectivity index (χ1v) is 11.0. The second-order valence-corrected chi connectivity index (χ2v) is 8.65. The van der Waals surface area contributed by atoms with Crippen LogP contribution in [-0.2, 0) is 0 Å². The van der Waals surface area contributed by atoms with Gasteiger partial charge in [-0.05, 0) is 49.1 Å². The third kappa shape index (κ3) is 3.86. The van der Waals surface area contributed by atoms with E-state index in [-0.39, 0.29) is 23.6 Å². The Morgan fingerprint density at radius 3 is 2.50 bits per heavy atom. The zero-order chi connectivity index (χ0) is 22.9. The van der Waals surface area contributed by atoms with Gasteiger partial charge in [-0.15, -0.1) is 0 Å². The third-order valence-electron chi connectivity index (χ3n) is 7.01. The SMILES string of the molecule is COc1ccc(C(=O)N2CC[C@]3(O)CCCC[C@H]3[C@@H]2c2ccc(O)c(OC)c2)c(OC)c1. The summed E-state index contributed by atoms with van der Waals surface area (Å²) in [6.45, 7) is 0.425. The molecule has 3 atom stereocenters. The second-order valence-electron chi connectivity index (χ2n) is 8.65. The normalized spacial score (nSPS) is 25.1. The molecule has 0 bridgehead atoms. The van der Waals surface area contributed by atoms with E-state index in [1.165, 1.54) is 14.2 Å². The number of benzene rings is 2. The molecule has 7 nitrogen and oxygen atoms in total. The smallest absolute Gasteiger partial charge is 0.258 e. The number of likely N-dealkylation sites (tertiary alicyclic amines) is 1. The molecule has 7 heteroatoms. The molecule has 0 aromatic heterocycles. The maximum atomic E-state index is 13.8. The molecule has 1 saturated heterocycles. The number of hydrogen-bond donors (Lipinski definition) is 2. The number of amides is 1. The molecule has 1 amide bonds. The summed E-state index contributed by atoms with van der Waals surface area (Å²) in [5.74, 6) is 1.18. The fourth-order valence-corrected chi connectivity index (χ4v) is 5.33. The molecular weight excluding hydrogens is 410 g/mol. The van der Waals surface area contributed by atoms with Gasteiger partial charge in [-0.1, -0.05) is 18.9 Å². The van der Waals surface area contributed by atoms with Gasteiger partial charge in [0.25, 0.3) is 5.91 Å². The van der Waals surface area contributed by atoms with E-state index >= 15 is 0 Å². The van der Waals surface area contributed by atoms with E-state index in [9.17, 15) is 15.0 Å². The van der Waals surface area contributed by atoms with Crippen LogP contribution >= 0.6 is 0 Å². The summed E-state index contributed by atoms with van der Waals surface area (Å²) in [4.78, 5) is 15.6. The summed E-state index contributed by atoms with van der Waals surface area (Å²) in [6.07, 6.45) is 4.09. The lowest BCUT2D eigenvalue weighted by molar-refractivity contribution is -0.115. The van der Waals surface area contributed by atoms with Crippen molar-refractivity contribution < 1.29 is 29.2 Å². The van der Waals surface area contributed by atoms with Crippen LogP contribution in [0.15, 0.2) is 36.4 Å². The monoisotopic (exact) mass is 441 g/mol. The van der Waals surface area contributed by atoms with Gasteiger partial charge in [0.1, 0.15) is 11.5 Å². The number of hydrogen-bond acceptors (Lipinski definition) is 6. The van der Waals surface area contributed by atoms with Gasteiger partial charge >= 0.3 is 0 Å². The number of carbonyl (C=O) groups is 1. The van der Waals surface area contributed by atoms with Crippen molar-refractivity contribution >= 4 is 5.91 Å². The van der Waals surface area contributed by atoms with Crippen LogP contribution < -0.4 is 14.2 Å². The van der Waals surface area contributed by atoms with Gasteiger partial charge < -0.3 is 29.3 Å². The van der Waals surface area contributed by atoms with Gasteiger partial charge in [0.2, 0.25) is 0 Å². The maximum absolute atomic E-state index is 13.8. The van der Waals surface area contributed by atoms with E-state index in [4.69, 9.17) is 14.2 Å². The number of aliphatic hydroxyl groups is 1. The molecule has 172 valence electrons. The summed E-state index contributed by atoms with van der Waals surface area (Å²) in [5.41, 5.74) is 0.477. The lowest BCUT2D eigenvalue weighted by atomic mass is 9.66. The molecule has 2 fully saturated rings. The minimum absolute atomic E-state index is 0.0423. The largest absolute Gasteiger partial charge is 0.504 e. The molecule has 0 radical (unpaired) electrons. The first kappa shape index (κ1) is 22.3. The Morgan fingerprint density at radius 2 is 1.78 bits per heavy atom. The third-order valence-corrected chi connectivity index (χ3v) is 7.01. The number of ether oxygens (including phenoxy) is 3. The number of aromatic hydroxyl groups is 1. The van der Waals surface area contributed by atoms with Crippen LogP contribution in [0.4, 0.5) is 0 Å². The molecule has 4 rings (SSSR count). The number of carbonyl (C=O) groups excluding carboxylic acids is 1. The molecule has 1 aliphatic carbocycles. The standard InChI is InChI=1S/C25H31NO6/c1-30-17-8-9-18(21(15-17)31-2)24(28)26-13-12-25(29)11-5-4-6-19(25)23(26)16-7-10-20(27)22(14-16)32-3/h7-10,14-15,19,23,27,29H,4-6,11-13H2,1-3H3/t19-,23-,25+/m0/s1. The zero-order valence-electron chi connectivity index (χ0n) is 18.8. The summed E-state index contributed by atoms with van der Waals surface area (Å²) < 4.78 is 16.1. The van der Waals surface area contributed by atoms with Crippen molar-refractivity contribution in [3.05, 3.63) is 47.5 Å². The molecule has 2 aromatic carbocycles. The lowest BCUT2D eigenvalue weighted by Crippen LogP contribution is -2.56. The minimum atomic E-state index is -0.811. The molecule has 0 unspecified atom stereocenters. The van der Waals surface area contributed by atoms with E-state index in [0.29, 0.717) is 35.8 Å². The van der Waals surface area contributed by atoms with E-state index in [0.717, 1.165) is 31.2 Å². The van der Waals surface area contributed by atoms with E-state index in [2.05, 4.69) is 0 Å². The van der Waals surface area contributed by atoms with E-state index in [1.807, 2.05) is 11.0 Å². The van der Waals surface area contributed by atoms with Crippen LogP contribution in [0.1, 0.15) is 54.1 Å². The molecule has 2 aromatic rings. The topological polar surface area (TPSA) is 88.5 Å². The first-order chi connectivity index (χ1) is 15.4. The van der Waals surface area contributed by atoms with E-state index in [1.54, 1.807) is 37.4 Å². The van der Waals surface area contributed by atoms with Crippen molar-refractivity contribution in [1.82, 2.24) is 4.90 Å². The molecule has 1 heterocycles. The van der Waals surface area contributed by atoms with Gasteiger partial charge in [0.15, 0.2) is 11.5 Å². The summed E-state index contributed by atoms with van der Waals surface area (Å²) in [6, 6.07) is 9.99. The molecule has 0 spiro atoms. The zero-order valence-corrected chi connectivity index (χ0v) is 18.8. The molecule has 1 aliphatic heterocycles. The highest BCUT2D eigenvalue weighted by atomic mass is 16.5. The number of methoxy groups -OCH3 is 3. The molecular formula is C25H31NO6. The highest BCUT2D eigenvalue weighted by molar-refractivity contribution is 5.97. The second kappa shape index (κ2) is 8.90. The van der Waals surface area contributed by atoms with Gasteiger partial charge in [-0.25, -0.2) is 0 Å². The van der Waals surface area contributed by atoms with Crippen molar-refractivity contribution in [3.63, 3.8) is 0 Å². The Morgan fingerprint density at radius 1 is 1.00 bits per heavy atom. The number of rotatable bonds is 5. The lowest BCUT2D eigenvalue weighted by Gasteiger charge is -2.52. The average Bonchev–Trinajstić information content (AvgIpc) is 2.82. The number of piperidine rings is 1. The summed E-state index contributed by atoms with van der Waals surface area (Å²) in [5, 5.41) is 21.6. The van der Waals surface area contributed by atoms with Gasteiger partial charge in [-0.3, -0.25) is 4.79 Å². The van der Waals surface area contributed by atoms with Crippen molar-refractivity contribution in [2.75, 3.05) is 27.9 Å². The molecule has 1 saturated carbocycles. The quantitative estimate of drug-likeness (QED) is 0.731. The van der Waals surface area contributed by atoms with Crippen molar-refractivity contribution in [3.8, 4) is 23.0 Å². The Kier molecular flexibility index (Phi) is 6.20. The molecule has 2 N–H and O–H groups in total. The number of phenolic OH excluding ortho intramolecular Hbond substituents is 1. The van der Waals surface area contributed by atoms with Gasteiger partial charge in [0.05, 0.1) is 38.5 Å². The van der Waals surface area contributed by atoms with E-state index < -0.39 is 5.60 Å². The number of fused-ring (bicyclic) bond motifs is 1. The average molecular weight is 442 g/mol. The van der Waals surface area contributed by atoms with Crippen LogP contribution in [0.3, 0.4) is 0 Å². The van der Waals surface area contributed by atoms with Crippen LogP contribution in [0.2, 0.25) is 0 Å². The summed E-state index contributed by atoms with van der Waals surface area (Å²) in [7, 11) is 4.60. The van der Waals surface area contributed by atoms with Crippen molar-refractivity contribution in [1.29, 1.82) is 0 Å². The Labute approximate surface area is 188 Å². The highest BCUT2D eigenvalue weighted by Crippen LogP contribution is 2.50. The van der Waals surface area contributed by atoms with Crippen LogP contribution in [0.5, 0.6) is 23.0 Å². The number of phenols is 1. The molecule has 2 aliphatic rings. The predicted octanol–water partition coefficient (Wildman–Crippen LogP) is 3.93. The number of nitrogens with zero attached hydrogens (tertiary/aromatic N) is 1. The van der Waals surface area contributed by atoms with Crippen molar-refractivity contribution in [2.45, 2.75) is 43.7 Å². The van der Waals surface area contributed by atoms with Crippen LogP contribution in [0, 0.1) is 5.92 Å². The Hall–Kier alpha value is -2.93. The minimum Gasteiger partial charge on any atom is -0.504 e. The maximum Gasteiger partial charge on any atom is 0.258 e. The van der Waals surface area contributed by atoms with Gasteiger partial charge in [0, 0.05) is 18.5 Å². The Balaban J connectivity index is 1.78. The fraction of sp³-hybridized carbons (Fsp3) is 0.480. The predicted molar refractivity (Wildman–Crippen MR) is 120 cm³/mol. The highest BCUT2D eigenvalue weighted by Gasteiger charge is 2.50. The van der Waals surface area contributed by atoms with Crippen LogP contribution in [-0.4, -0.2) is 54.5 Å². The van der Waals surface area contributed by atoms with Gasteiger partial charge in [-0.2, -0.15) is 0 Å². The molecule has 32 heavy (non-hydrogen) atoms. The van der Waals surface area contributed by atoms with Crippen molar-refractivity contribution in [2.24, 2.45) is 5.92 Å².